The van der Waals surface area contributed by atoms with Gasteiger partial charge in [0, 0.05) is 12.4 Å². The van der Waals surface area contributed by atoms with E-state index >= 15 is 0 Å². The summed E-state index contributed by atoms with van der Waals surface area (Å²) in [6.07, 6.45) is 5.67. The summed E-state index contributed by atoms with van der Waals surface area (Å²) in [5.41, 5.74) is 1.46. The fourth-order valence-electron chi connectivity index (χ4n) is 2.68. The van der Waals surface area contributed by atoms with Crippen molar-refractivity contribution in [3.05, 3.63) is 66.0 Å². The Morgan fingerprint density at radius 2 is 1.87 bits per heavy atom. The minimum atomic E-state index is -3.29. The molecule has 0 saturated heterocycles. The lowest BCUT2D eigenvalue weighted by atomic mass is 9.91. The summed E-state index contributed by atoms with van der Waals surface area (Å²) in [6.45, 7) is 0. The molecular weight excluding hydrogens is 313 g/mol. The molecule has 2 unspecified atom stereocenters. The van der Waals surface area contributed by atoms with Crippen LogP contribution in [0.15, 0.2) is 54.9 Å². The molecule has 0 spiro atoms. The highest BCUT2D eigenvalue weighted by Crippen LogP contribution is 2.48. The number of benzene rings is 1. The van der Waals surface area contributed by atoms with Gasteiger partial charge in [-0.3, -0.25) is 14.3 Å². The van der Waals surface area contributed by atoms with E-state index in [1.54, 1.807) is 42.7 Å². The van der Waals surface area contributed by atoms with E-state index in [4.69, 9.17) is 0 Å². The van der Waals surface area contributed by atoms with E-state index < -0.39 is 19.2 Å². The Morgan fingerprint density at radius 1 is 1.13 bits per heavy atom. The molecule has 0 bridgehead atoms. The van der Waals surface area contributed by atoms with Gasteiger partial charge in [0.15, 0.2) is 5.16 Å². The molecule has 6 heteroatoms. The molecule has 0 aliphatic rings. The van der Waals surface area contributed by atoms with Crippen LogP contribution in [0.1, 0.15) is 30.4 Å². The average molecular weight is 333 g/mol. The highest BCUT2D eigenvalue weighted by molar-refractivity contribution is 7.41. The number of hydrogen-bond acceptors (Lipinski definition) is 3. The summed E-state index contributed by atoms with van der Waals surface area (Å²) in [7, 11) is -3.29. The number of nitrogens with zero attached hydrogens (tertiary/aromatic N) is 1. The number of aryl methyl sites for hydroxylation is 1. The first-order valence-corrected chi connectivity index (χ1v) is 8.84. The van der Waals surface area contributed by atoms with Crippen LogP contribution in [0.3, 0.4) is 0 Å². The summed E-state index contributed by atoms with van der Waals surface area (Å²) in [5, 5.41) is 7.91. The molecule has 0 amide bonds. The fourth-order valence-corrected chi connectivity index (χ4v) is 3.67. The predicted molar refractivity (Wildman–Crippen MR) is 88.8 cm³/mol. The van der Waals surface area contributed by atoms with E-state index in [-0.39, 0.29) is 6.42 Å². The number of aromatic nitrogens is 1. The van der Waals surface area contributed by atoms with Crippen molar-refractivity contribution in [2.24, 2.45) is 0 Å². The van der Waals surface area contributed by atoms with Crippen LogP contribution in [0.2, 0.25) is 0 Å². The largest absolute Gasteiger partial charge is 0.480 e. The van der Waals surface area contributed by atoms with Crippen molar-refractivity contribution >= 4 is 14.0 Å². The van der Waals surface area contributed by atoms with Gasteiger partial charge < -0.3 is 10.00 Å². The molecule has 2 N–H and O–H groups in total. The van der Waals surface area contributed by atoms with Crippen LogP contribution in [0, 0.1) is 0 Å². The van der Waals surface area contributed by atoms with Gasteiger partial charge in [0.05, 0.1) is 0 Å². The molecule has 23 heavy (non-hydrogen) atoms. The topological polar surface area (TPSA) is 87.5 Å². The van der Waals surface area contributed by atoms with Crippen molar-refractivity contribution in [1.29, 1.82) is 0 Å². The maximum atomic E-state index is 11.9. The van der Waals surface area contributed by atoms with Gasteiger partial charge in [0.25, 0.3) is 0 Å². The first-order valence-electron chi connectivity index (χ1n) is 7.48. The number of hydrogen-bond donors (Lipinski definition) is 2. The van der Waals surface area contributed by atoms with Crippen LogP contribution in [-0.2, 0) is 20.9 Å². The third-order valence-corrected chi connectivity index (χ3v) is 5.47. The lowest BCUT2D eigenvalue weighted by Crippen LogP contribution is -2.32. The molecule has 1 aromatic carbocycles. The van der Waals surface area contributed by atoms with E-state index in [2.05, 4.69) is 4.98 Å². The first-order chi connectivity index (χ1) is 11.1. The molecule has 2 atom stereocenters. The maximum absolute atomic E-state index is 11.9. The number of unbranched alkanes of at least 4 members (excludes halogenated alkanes) is 1. The summed E-state index contributed by atoms with van der Waals surface area (Å²) >= 11 is 0. The van der Waals surface area contributed by atoms with Gasteiger partial charge in [-0.1, -0.05) is 42.8 Å². The Balaban J connectivity index is 2.10. The summed E-state index contributed by atoms with van der Waals surface area (Å²) in [4.78, 5) is 25.6. The van der Waals surface area contributed by atoms with E-state index in [0.29, 0.717) is 12.0 Å². The van der Waals surface area contributed by atoms with Crippen molar-refractivity contribution in [3.8, 4) is 0 Å². The standard InChI is InChI=1S/C17H20NO4P/c19-16(20)17(23(21)22,15-9-2-1-3-10-15)11-5-4-7-14-8-6-12-18-13-14/h1-3,6,8-10,12-13,23H,4-5,7,11H2,(H,19,20)(H,21,22). The molecule has 0 aliphatic carbocycles. The second-order valence-corrected chi connectivity index (χ2v) is 6.91. The first kappa shape index (κ1) is 17.4. The van der Waals surface area contributed by atoms with Crippen LogP contribution in [-0.4, -0.2) is 21.0 Å². The van der Waals surface area contributed by atoms with E-state index in [9.17, 15) is 19.4 Å². The lowest BCUT2D eigenvalue weighted by Gasteiger charge is -2.27. The second-order valence-electron chi connectivity index (χ2n) is 5.45. The lowest BCUT2D eigenvalue weighted by molar-refractivity contribution is -0.140. The quantitative estimate of drug-likeness (QED) is 0.572. The number of carboxylic acids is 1. The summed E-state index contributed by atoms with van der Waals surface area (Å²) in [6, 6.07) is 12.2. The zero-order valence-electron chi connectivity index (χ0n) is 12.7. The van der Waals surface area contributed by atoms with Crippen molar-refractivity contribution < 1.29 is 19.4 Å². The molecule has 1 heterocycles. The normalized spacial score (nSPS) is 14.8. The molecule has 0 radical (unpaired) electrons. The molecule has 1 aromatic heterocycles. The number of pyridine rings is 1. The Bertz CT molecular complexity index is 647. The highest BCUT2D eigenvalue weighted by atomic mass is 31.1. The van der Waals surface area contributed by atoms with Gasteiger partial charge in [0.2, 0.25) is 8.03 Å². The highest BCUT2D eigenvalue weighted by Gasteiger charge is 2.45. The third-order valence-electron chi connectivity index (χ3n) is 3.99. The van der Waals surface area contributed by atoms with Crippen molar-refractivity contribution in [2.45, 2.75) is 30.8 Å². The number of aliphatic carboxylic acids is 1. The zero-order chi connectivity index (χ0) is 16.7. The number of carboxylic acid groups (broad SMARTS) is 1. The zero-order valence-corrected chi connectivity index (χ0v) is 13.7. The van der Waals surface area contributed by atoms with Crippen LogP contribution in [0.4, 0.5) is 0 Å². The predicted octanol–water partition coefficient (Wildman–Crippen LogP) is 3.24. The number of rotatable bonds is 8. The van der Waals surface area contributed by atoms with Crippen molar-refractivity contribution in [2.75, 3.05) is 0 Å². The minimum absolute atomic E-state index is 0.140. The summed E-state index contributed by atoms with van der Waals surface area (Å²) < 4.78 is 11.9. The Morgan fingerprint density at radius 3 is 2.43 bits per heavy atom. The van der Waals surface area contributed by atoms with Crippen LogP contribution in [0.25, 0.3) is 0 Å². The molecule has 0 saturated carbocycles. The van der Waals surface area contributed by atoms with Crippen LogP contribution >= 0.6 is 8.03 Å². The molecule has 122 valence electrons. The van der Waals surface area contributed by atoms with Gasteiger partial charge >= 0.3 is 5.97 Å². The smallest absolute Gasteiger partial charge is 0.323 e. The minimum Gasteiger partial charge on any atom is -0.480 e. The van der Waals surface area contributed by atoms with Crippen LogP contribution < -0.4 is 0 Å². The Hall–Kier alpha value is -1.97. The maximum Gasteiger partial charge on any atom is 0.323 e. The second kappa shape index (κ2) is 8.04. The van der Waals surface area contributed by atoms with Gasteiger partial charge in [-0.25, -0.2) is 0 Å². The molecule has 0 aliphatic heterocycles. The Kier molecular flexibility index (Phi) is 6.08. The van der Waals surface area contributed by atoms with E-state index in [1.807, 2.05) is 12.1 Å². The molecule has 5 nitrogen and oxygen atoms in total. The SMILES string of the molecule is O=C(O)C(CCCCc1cccnc1)(c1ccccc1)[PH](=O)O. The van der Waals surface area contributed by atoms with Gasteiger partial charge in [-0.15, -0.1) is 0 Å². The van der Waals surface area contributed by atoms with Gasteiger partial charge in [-0.05, 0) is 36.5 Å². The van der Waals surface area contributed by atoms with E-state index in [0.717, 1.165) is 18.4 Å². The molecule has 0 fully saturated rings. The molecule has 2 rings (SSSR count). The number of carbonyl (C=O) groups is 1. The monoisotopic (exact) mass is 333 g/mol. The van der Waals surface area contributed by atoms with Crippen molar-refractivity contribution in [3.63, 3.8) is 0 Å². The summed E-state index contributed by atoms with van der Waals surface area (Å²) in [5.74, 6) is -1.24. The third kappa shape index (κ3) is 4.06. The Labute approximate surface area is 135 Å². The molecule has 2 aromatic rings. The van der Waals surface area contributed by atoms with Gasteiger partial charge in [-0.2, -0.15) is 0 Å². The van der Waals surface area contributed by atoms with Crippen LogP contribution in [0.5, 0.6) is 0 Å². The van der Waals surface area contributed by atoms with Gasteiger partial charge in [0.1, 0.15) is 0 Å². The average Bonchev–Trinajstić information content (AvgIpc) is 2.56. The van der Waals surface area contributed by atoms with E-state index in [1.165, 1.54) is 0 Å². The fraction of sp³-hybridized carbons (Fsp3) is 0.294. The molecular formula is C17H20NO4P. The van der Waals surface area contributed by atoms with Crippen molar-refractivity contribution in [1.82, 2.24) is 4.98 Å².